The molecule has 0 spiro atoms. The molecule has 0 aromatic carbocycles. The Morgan fingerprint density at radius 1 is 0.319 bits per heavy atom. The zero-order valence-electron chi connectivity index (χ0n) is 45.6. The molecule has 0 rings (SSSR count). The van der Waals surface area contributed by atoms with Crippen LogP contribution in [0.25, 0.3) is 0 Å². The van der Waals surface area contributed by atoms with E-state index in [1.807, 2.05) is 0 Å². The summed E-state index contributed by atoms with van der Waals surface area (Å²) in [6.45, 7) is 3.84. The molecule has 0 heterocycles. The van der Waals surface area contributed by atoms with Crippen molar-refractivity contribution < 1.29 is 24.2 Å². The second kappa shape index (κ2) is 60.3. The van der Waals surface area contributed by atoms with Crippen LogP contribution in [0.5, 0.6) is 0 Å². The minimum atomic E-state index is -0.814. The molecule has 1 atom stereocenters. The van der Waals surface area contributed by atoms with Crippen LogP contribution in [0, 0.1) is 0 Å². The fourth-order valence-electron chi connectivity index (χ4n) is 7.03. The number of hydrogen-bond acceptors (Lipinski definition) is 5. The molecule has 400 valence electrons. The Morgan fingerprint density at radius 3 is 0.875 bits per heavy atom. The average molecular weight is 988 g/mol. The Bertz CT molecular complexity index is 1680. The number of ether oxygens (including phenoxy) is 2. The van der Waals surface area contributed by atoms with E-state index in [1.54, 1.807) is 0 Å². The van der Waals surface area contributed by atoms with Crippen LogP contribution >= 0.6 is 0 Å². The third kappa shape index (κ3) is 57.6. The highest BCUT2D eigenvalue weighted by atomic mass is 16.6. The lowest BCUT2D eigenvalue weighted by molar-refractivity contribution is -0.161. The standard InChI is InChI=1S/C67H102O5/c1-3-5-7-9-11-13-15-17-19-21-23-25-27-28-29-30-31-32-33-34-35-36-37-38-40-42-44-46-48-50-52-54-56-58-60-62-67(70)72-65(63-68)64-71-66(69)61-59-57-55-53-51-49-47-45-43-41-39-26-24-22-20-18-16-14-12-10-8-6-4-2/h5-8,11-14,17-20,23-26,28-29,31-32,34-35,37-38,41,43,47,49,53,55,65,68H,3-4,9-10,15-16,21-22,27,30,33,36,39-40,42,44-46,48,50-52,54,56-64H2,1-2H3/b7-5-,8-6-,13-11-,14-12-,19-17-,20-18-,25-23-,26-24-,29-28-,32-31-,35-34-,38-37-,43-41-,49-47-,55-53-. The summed E-state index contributed by atoms with van der Waals surface area (Å²) in [4.78, 5) is 24.5. The van der Waals surface area contributed by atoms with Gasteiger partial charge in [-0.05, 0) is 128 Å². The minimum absolute atomic E-state index is 0.110. The number of aliphatic hydroxyl groups is 1. The molecule has 0 aliphatic rings. The summed E-state index contributed by atoms with van der Waals surface area (Å²) < 4.78 is 10.6. The van der Waals surface area contributed by atoms with Crippen LogP contribution in [-0.4, -0.2) is 36.4 Å². The third-order valence-corrected chi connectivity index (χ3v) is 11.2. The van der Waals surface area contributed by atoms with Gasteiger partial charge in [-0.1, -0.05) is 247 Å². The molecule has 0 aromatic heterocycles. The quantitative estimate of drug-likeness (QED) is 0.0374. The predicted octanol–water partition coefficient (Wildman–Crippen LogP) is 19.5. The van der Waals surface area contributed by atoms with Crippen molar-refractivity contribution in [1.29, 1.82) is 0 Å². The van der Waals surface area contributed by atoms with Crippen LogP contribution in [0.4, 0.5) is 0 Å². The van der Waals surface area contributed by atoms with Crippen molar-refractivity contribution in [2.45, 2.75) is 213 Å². The topological polar surface area (TPSA) is 72.8 Å². The van der Waals surface area contributed by atoms with E-state index in [0.29, 0.717) is 19.3 Å². The van der Waals surface area contributed by atoms with E-state index in [4.69, 9.17) is 9.47 Å². The van der Waals surface area contributed by atoms with E-state index >= 15 is 0 Å². The van der Waals surface area contributed by atoms with E-state index in [-0.39, 0.29) is 25.2 Å². The van der Waals surface area contributed by atoms with Gasteiger partial charge >= 0.3 is 11.9 Å². The number of unbranched alkanes of at least 4 members (excludes halogenated alkanes) is 11. The Morgan fingerprint density at radius 2 is 0.569 bits per heavy atom. The van der Waals surface area contributed by atoms with E-state index in [2.05, 4.69) is 196 Å². The Kier molecular flexibility index (Phi) is 56.1. The first-order valence-corrected chi connectivity index (χ1v) is 28.3. The van der Waals surface area contributed by atoms with Gasteiger partial charge in [0.15, 0.2) is 6.10 Å². The summed E-state index contributed by atoms with van der Waals surface area (Å²) in [6.07, 6.45) is 95.7. The first-order valence-electron chi connectivity index (χ1n) is 28.3. The lowest BCUT2D eigenvalue weighted by Crippen LogP contribution is -2.28. The Labute approximate surface area is 442 Å². The predicted molar refractivity (Wildman–Crippen MR) is 315 cm³/mol. The molecular weight excluding hydrogens is 885 g/mol. The first-order chi connectivity index (χ1) is 35.6. The van der Waals surface area contributed by atoms with Crippen LogP contribution in [-0.2, 0) is 19.1 Å². The summed E-state index contributed by atoms with van der Waals surface area (Å²) in [5, 5.41) is 9.65. The number of hydrogen-bond donors (Lipinski definition) is 1. The number of esters is 2. The van der Waals surface area contributed by atoms with Crippen LogP contribution in [0.15, 0.2) is 182 Å². The number of aliphatic hydroxyl groups excluding tert-OH is 1. The average Bonchev–Trinajstić information content (AvgIpc) is 3.38. The van der Waals surface area contributed by atoms with Gasteiger partial charge in [-0.3, -0.25) is 9.59 Å². The molecule has 0 aromatic rings. The highest BCUT2D eigenvalue weighted by molar-refractivity contribution is 5.70. The summed E-state index contributed by atoms with van der Waals surface area (Å²) in [7, 11) is 0. The van der Waals surface area contributed by atoms with Crippen molar-refractivity contribution in [2.24, 2.45) is 0 Å². The third-order valence-electron chi connectivity index (χ3n) is 11.2. The molecule has 5 heteroatoms. The van der Waals surface area contributed by atoms with Gasteiger partial charge in [-0.15, -0.1) is 0 Å². The summed E-state index contributed by atoms with van der Waals surface area (Å²) in [5.74, 6) is -0.680. The molecule has 5 nitrogen and oxygen atoms in total. The van der Waals surface area contributed by atoms with Crippen molar-refractivity contribution in [3.8, 4) is 0 Å². The molecule has 1 unspecified atom stereocenters. The smallest absolute Gasteiger partial charge is 0.306 e. The molecule has 0 amide bonds. The molecule has 72 heavy (non-hydrogen) atoms. The Hall–Kier alpha value is -5.00. The van der Waals surface area contributed by atoms with Gasteiger partial charge in [0.25, 0.3) is 0 Å². The molecular formula is C67H102O5. The molecule has 0 saturated carbocycles. The normalized spacial score (nSPS) is 13.7. The van der Waals surface area contributed by atoms with Crippen LogP contribution in [0.1, 0.15) is 206 Å². The first kappa shape index (κ1) is 67.0. The fraction of sp³-hybridized carbons (Fsp3) is 0.522. The molecule has 0 saturated heterocycles. The number of carbonyl (C=O) groups excluding carboxylic acids is 2. The van der Waals surface area contributed by atoms with E-state index in [9.17, 15) is 14.7 Å². The minimum Gasteiger partial charge on any atom is -0.462 e. The number of rotatable bonds is 49. The van der Waals surface area contributed by atoms with E-state index in [0.717, 1.165) is 122 Å². The van der Waals surface area contributed by atoms with Crippen molar-refractivity contribution in [1.82, 2.24) is 0 Å². The lowest BCUT2D eigenvalue weighted by atomic mass is 10.0. The van der Waals surface area contributed by atoms with E-state index in [1.165, 1.54) is 51.4 Å². The monoisotopic (exact) mass is 987 g/mol. The number of allylic oxidation sites excluding steroid dienone is 30. The van der Waals surface area contributed by atoms with Crippen LogP contribution in [0.2, 0.25) is 0 Å². The van der Waals surface area contributed by atoms with Gasteiger partial charge in [0.05, 0.1) is 6.61 Å². The maximum absolute atomic E-state index is 12.3. The van der Waals surface area contributed by atoms with Gasteiger partial charge in [0, 0.05) is 12.8 Å². The van der Waals surface area contributed by atoms with Crippen molar-refractivity contribution >= 4 is 11.9 Å². The lowest BCUT2D eigenvalue weighted by Gasteiger charge is -2.15. The second-order valence-electron chi connectivity index (χ2n) is 17.9. The zero-order valence-corrected chi connectivity index (χ0v) is 45.6. The fourth-order valence-corrected chi connectivity index (χ4v) is 7.03. The molecule has 1 N–H and O–H groups in total. The summed E-state index contributed by atoms with van der Waals surface area (Å²) in [5.41, 5.74) is 0. The largest absolute Gasteiger partial charge is 0.462 e. The molecule has 0 aliphatic heterocycles. The van der Waals surface area contributed by atoms with Gasteiger partial charge in [-0.2, -0.15) is 0 Å². The van der Waals surface area contributed by atoms with Crippen molar-refractivity contribution in [3.63, 3.8) is 0 Å². The highest BCUT2D eigenvalue weighted by Gasteiger charge is 2.16. The summed E-state index contributed by atoms with van der Waals surface area (Å²) in [6, 6.07) is 0. The molecule has 0 bridgehead atoms. The number of carbonyl (C=O) groups is 2. The van der Waals surface area contributed by atoms with E-state index < -0.39 is 6.10 Å². The summed E-state index contributed by atoms with van der Waals surface area (Å²) >= 11 is 0. The van der Waals surface area contributed by atoms with Crippen LogP contribution in [0.3, 0.4) is 0 Å². The second-order valence-corrected chi connectivity index (χ2v) is 17.9. The maximum Gasteiger partial charge on any atom is 0.306 e. The van der Waals surface area contributed by atoms with Gasteiger partial charge in [0.2, 0.25) is 0 Å². The molecule has 0 fully saturated rings. The van der Waals surface area contributed by atoms with Gasteiger partial charge in [0.1, 0.15) is 6.61 Å². The Balaban J connectivity index is 3.67. The van der Waals surface area contributed by atoms with Gasteiger partial charge < -0.3 is 14.6 Å². The maximum atomic E-state index is 12.3. The van der Waals surface area contributed by atoms with Crippen molar-refractivity contribution in [3.05, 3.63) is 182 Å². The van der Waals surface area contributed by atoms with Crippen LogP contribution < -0.4 is 0 Å². The highest BCUT2D eigenvalue weighted by Crippen LogP contribution is 2.13. The zero-order chi connectivity index (χ0) is 52.0. The van der Waals surface area contributed by atoms with Gasteiger partial charge in [-0.25, -0.2) is 0 Å². The molecule has 0 radical (unpaired) electrons. The van der Waals surface area contributed by atoms with Crippen molar-refractivity contribution in [2.75, 3.05) is 13.2 Å². The SMILES string of the molecule is CC/C=C\C/C=C\C/C=C\C/C=C\C/C=C\C/C=C\C/C=C\C/C=C\CCCCCCCCCCCCC(=O)OC(CO)COC(=O)CCC/C=C\C/C=C\C/C=C\C/C=C\C/C=C\C/C=C\C/C=C\CC. The molecule has 0 aliphatic carbocycles.